The van der Waals surface area contributed by atoms with E-state index in [9.17, 15) is 22.8 Å². The Morgan fingerprint density at radius 2 is 2.00 bits per heavy atom. The Labute approximate surface area is 217 Å². The summed E-state index contributed by atoms with van der Waals surface area (Å²) in [5, 5.41) is 7.00. The first-order valence-electron chi connectivity index (χ1n) is 11.0. The van der Waals surface area contributed by atoms with Gasteiger partial charge < -0.3 is 0 Å². The van der Waals surface area contributed by atoms with E-state index in [1.54, 1.807) is 19.3 Å². The minimum atomic E-state index is -4.64. The van der Waals surface area contributed by atoms with E-state index in [0.717, 1.165) is 53.0 Å². The average Bonchev–Trinajstić information content (AvgIpc) is 3.41. The molecule has 1 aliphatic carbocycles. The van der Waals surface area contributed by atoms with E-state index in [1.165, 1.54) is 17.1 Å². The van der Waals surface area contributed by atoms with Gasteiger partial charge in [-0.3, -0.25) is 24.2 Å². The van der Waals surface area contributed by atoms with Crippen molar-refractivity contribution in [3.63, 3.8) is 0 Å². The molecule has 1 aromatic carbocycles. The number of thiazole rings is 1. The van der Waals surface area contributed by atoms with Gasteiger partial charge in [-0.1, -0.05) is 34.8 Å². The van der Waals surface area contributed by atoms with Gasteiger partial charge in [-0.2, -0.15) is 18.3 Å². The third kappa shape index (κ3) is 5.45. The van der Waals surface area contributed by atoms with Crippen molar-refractivity contribution >= 4 is 34.0 Å². The summed E-state index contributed by atoms with van der Waals surface area (Å²) < 4.78 is 43.1. The maximum absolute atomic E-state index is 13.5. The number of hydrogen-bond donors (Lipinski definition) is 1. The Kier molecular flexibility index (Phi) is 6.39. The Balaban J connectivity index is 1.59. The van der Waals surface area contributed by atoms with E-state index in [4.69, 9.17) is 11.6 Å². The molecule has 188 valence electrons. The molecule has 0 bridgehead atoms. The molecule has 0 spiro atoms. The number of alkyl halides is 3. The number of carbonyl (C=O) groups excluding carboxylic acids is 1. The van der Waals surface area contributed by atoms with Crippen molar-refractivity contribution in [1.82, 2.24) is 19.3 Å². The van der Waals surface area contributed by atoms with Crippen LogP contribution >= 0.6 is 22.9 Å². The quantitative estimate of drug-likeness (QED) is 0.350. The summed E-state index contributed by atoms with van der Waals surface area (Å²) in [6.45, 7) is 0. The molecule has 1 saturated carbocycles. The molecule has 1 aliphatic rings. The molecule has 3 heterocycles. The highest BCUT2D eigenvalue weighted by Crippen LogP contribution is 2.37. The lowest BCUT2D eigenvalue weighted by Gasteiger charge is -2.15. The van der Waals surface area contributed by atoms with Gasteiger partial charge in [0.25, 0.3) is 11.5 Å². The molecule has 0 atom stereocenters. The molecule has 5 rings (SSSR count). The van der Waals surface area contributed by atoms with E-state index in [0.29, 0.717) is 10.8 Å². The lowest BCUT2D eigenvalue weighted by atomic mass is 9.99. The van der Waals surface area contributed by atoms with Gasteiger partial charge in [-0.05, 0) is 31.0 Å². The molecule has 0 unspecified atom stereocenters. The summed E-state index contributed by atoms with van der Waals surface area (Å²) in [7, 11) is 1.65. The lowest BCUT2D eigenvalue weighted by molar-refractivity contribution is -0.137. The van der Waals surface area contributed by atoms with Gasteiger partial charge in [-0.15, -0.1) is 0 Å². The van der Waals surface area contributed by atoms with E-state index < -0.39 is 23.2 Å². The monoisotopic (exact) mass is 543 g/mol. The van der Waals surface area contributed by atoms with Crippen LogP contribution in [0.25, 0.3) is 16.9 Å². The van der Waals surface area contributed by atoms with Crippen molar-refractivity contribution in [2.24, 2.45) is 13.0 Å². The topological polar surface area (TPSA) is 81.8 Å². The van der Waals surface area contributed by atoms with E-state index >= 15 is 0 Å². The minimum absolute atomic E-state index is 0.0177. The van der Waals surface area contributed by atoms with Gasteiger partial charge in [0.2, 0.25) is 0 Å². The third-order valence-corrected chi connectivity index (χ3v) is 6.69. The van der Waals surface area contributed by atoms with Crippen LogP contribution in [0.15, 0.2) is 53.7 Å². The van der Waals surface area contributed by atoms with Crippen molar-refractivity contribution < 1.29 is 18.0 Å². The molecule has 7 nitrogen and oxygen atoms in total. The molecule has 12 heteroatoms. The third-order valence-electron chi connectivity index (χ3n) is 5.53. The Hall–Kier alpha value is -3.88. The van der Waals surface area contributed by atoms with Crippen LogP contribution in [-0.2, 0) is 13.2 Å². The van der Waals surface area contributed by atoms with Crippen LogP contribution in [0.4, 0.5) is 18.3 Å². The number of halogens is 4. The number of anilines is 1. The van der Waals surface area contributed by atoms with Gasteiger partial charge in [0, 0.05) is 53.6 Å². The summed E-state index contributed by atoms with van der Waals surface area (Å²) in [6.07, 6.45) is 1.89. The van der Waals surface area contributed by atoms with Crippen molar-refractivity contribution in [1.29, 1.82) is 0 Å². The number of pyridine rings is 1. The van der Waals surface area contributed by atoms with Crippen LogP contribution in [0.5, 0.6) is 0 Å². The SMILES string of the molecule is Cn1ccc(-n2cc(-c3cc(C(F)(F)F)ccc3Cl)c(C(=O)Nc3ncc(C#CC4CC4)s3)cc2=O)n1. The van der Waals surface area contributed by atoms with Crippen LogP contribution in [-0.4, -0.2) is 25.2 Å². The van der Waals surface area contributed by atoms with Gasteiger partial charge in [-0.25, -0.2) is 4.98 Å². The lowest BCUT2D eigenvalue weighted by Crippen LogP contribution is -2.23. The molecule has 4 aromatic rings. The highest BCUT2D eigenvalue weighted by atomic mass is 35.5. The second kappa shape index (κ2) is 9.53. The summed E-state index contributed by atoms with van der Waals surface area (Å²) in [6, 6.07) is 5.38. The van der Waals surface area contributed by atoms with Crippen molar-refractivity contribution in [2.75, 3.05) is 5.32 Å². The van der Waals surface area contributed by atoms with Gasteiger partial charge in [0.15, 0.2) is 10.9 Å². The second-order valence-electron chi connectivity index (χ2n) is 8.38. The highest BCUT2D eigenvalue weighted by Gasteiger charge is 2.32. The fraction of sp³-hybridized carbons (Fsp3) is 0.200. The molecule has 1 N–H and O–H groups in total. The zero-order valence-electron chi connectivity index (χ0n) is 19.1. The summed E-state index contributed by atoms with van der Waals surface area (Å²) >= 11 is 7.45. The number of nitrogens with one attached hydrogen (secondary N) is 1. The number of aryl methyl sites for hydroxylation is 1. The molecule has 3 aromatic heterocycles. The van der Waals surface area contributed by atoms with Crippen molar-refractivity contribution in [3.05, 3.63) is 80.3 Å². The number of rotatable bonds is 4. The average molecular weight is 544 g/mol. The number of aromatic nitrogens is 4. The van der Waals surface area contributed by atoms with Gasteiger partial charge in [0.1, 0.15) is 0 Å². The Morgan fingerprint density at radius 3 is 2.68 bits per heavy atom. The summed E-state index contributed by atoms with van der Waals surface area (Å²) in [4.78, 5) is 31.0. The number of nitrogens with zero attached hydrogens (tertiary/aromatic N) is 4. The molecular formula is C25H17ClF3N5O2S. The molecular weight excluding hydrogens is 527 g/mol. The minimum Gasteiger partial charge on any atom is -0.298 e. The molecule has 37 heavy (non-hydrogen) atoms. The Morgan fingerprint density at radius 1 is 1.22 bits per heavy atom. The number of carbonyl (C=O) groups is 1. The van der Waals surface area contributed by atoms with Crippen molar-refractivity contribution in [3.8, 4) is 28.8 Å². The van der Waals surface area contributed by atoms with E-state index in [1.807, 2.05) is 0 Å². The molecule has 1 fully saturated rings. The number of benzene rings is 1. The van der Waals surface area contributed by atoms with Crippen molar-refractivity contribution in [2.45, 2.75) is 19.0 Å². The number of hydrogen-bond acceptors (Lipinski definition) is 5. The first kappa shape index (κ1) is 24.8. The maximum Gasteiger partial charge on any atom is 0.416 e. The largest absolute Gasteiger partial charge is 0.416 e. The molecule has 0 aliphatic heterocycles. The zero-order chi connectivity index (χ0) is 26.3. The summed E-state index contributed by atoms with van der Waals surface area (Å²) in [5.74, 6) is 6.00. The van der Waals surface area contributed by atoms with Crippen LogP contribution < -0.4 is 10.9 Å². The number of amides is 1. The predicted octanol–water partition coefficient (Wildman–Crippen LogP) is 5.38. The second-order valence-corrected chi connectivity index (χ2v) is 9.81. The molecule has 0 radical (unpaired) electrons. The molecule has 1 amide bonds. The zero-order valence-corrected chi connectivity index (χ0v) is 20.7. The van der Waals surface area contributed by atoms with Crippen LogP contribution in [0.2, 0.25) is 5.02 Å². The first-order chi connectivity index (χ1) is 17.6. The Bertz CT molecular complexity index is 1640. The first-order valence-corrected chi connectivity index (χ1v) is 12.2. The molecule has 0 saturated heterocycles. The standard InChI is InChI=1S/C25H17ClF3N5O2S/c1-33-9-8-21(32-33)34-13-19(17-10-15(25(27,28)29)5-7-20(17)26)18(11-22(34)35)23(36)31-24-30-12-16(37-24)6-4-14-2-3-14/h5,7-14H,2-3H2,1H3,(H,30,31,36). The maximum atomic E-state index is 13.5. The smallest absolute Gasteiger partial charge is 0.298 e. The van der Waals surface area contributed by atoms with Gasteiger partial charge >= 0.3 is 6.18 Å². The van der Waals surface area contributed by atoms with Gasteiger partial charge in [0.05, 0.1) is 22.2 Å². The fourth-order valence-corrected chi connectivity index (χ4v) is 4.40. The van der Waals surface area contributed by atoms with E-state index in [-0.39, 0.29) is 32.7 Å². The van der Waals surface area contributed by atoms with Crippen LogP contribution in [0, 0.1) is 17.8 Å². The predicted molar refractivity (Wildman–Crippen MR) is 134 cm³/mol. The summed E-state index contributed by atoms with van der Waals surface area (Å²) in [5.41, 5.74) is -1.77. The normalized spacial score (nSPS) is 13.2. The fourth-order valence-electron chi connectivity index (χ4n) is 3.51. The van der Waals surface area contributed by atoms with E-state index in [2.05, 4.69) is 27.2 Å². The highest BCUT2D eigenvalue weighted by molar-refractivity contribution is 7.16. The van der Waals surface area contributed by atoms with Crippen LogP contribution in [0.3, 0.4) is 0 Å². The van der Waals surface area contributed by atoms with Crippen LogP contribution in [0.1, 0.15) is 33.6 Å².